The Morgan fingerprint density at radius 3 is 2.83 bits per heavy atom. The van der Waals surface area contributed by atoms with E-state index in [0.29, 0.717) is 6.54 Å². The predicted octanol–water partition coefficient (Wildman–Crippen LogP) is 0.478. The van der Waals surface area contributed by atoms with Gasteiger partial charge in [0.2, 0.25) is 11.8 Å². The highest BCUT2D eigenvalue weighted by Gasteiger charge is 2.38. The van der Waals surface area contributed by atoms with Gasteiger partial charge in [0.05, 0.1) is 5.69 Å². The van der Waals surface area contributed by atoms with Crippen LogP contribution in [0.2, 0.25) is 0 Å². The van der Waals surface area contributed by atoms with Gasteiger partial charge in [-0.25, -0.2) is 0 Å². The summed E-state index contributed by atoms with van der Waals surface area (Å²) in [5, 5.41) is 3.14. The molecule has 1 aromatic carbocycles. The number of nitrogens with two attached hydrogens (primary N) is 1. The average molecular weight is 247 g/mol. The number of anilines is 1. The first-order valence-electron chi connectivity index (χ1n) is 5.98. The Kier molecular flexibility index (Phi) is 3.34. The Morgan fingerprint density at radius 1 is 1.50 bits per heavy atom. The van der Waals surface area contributed by atoms with E-state index < -0.39 is 5.91 Å². The number of carbonyl (C=O) groups is 2. The van der Waals surface area contributed by atoms with Crippen molar-refractivity contribution in [2.75, 3.05) is 18.0 Å². The molecule has 1 aliphatic heterocycles. The number of fused-ring (bicyclic) bond motifs is 1. The highest BCUT2D eigenvalue weighted by Crippen LogP contribution is 2.37. The number of aryl methyl sites for hydroxylation is 1. The van der Waals surface area contributed by atoms with Gasteiger partial charge in [0.1, 0.15) is 12.6 Å². The first-order valence-corrected chi connectivity index (χ1v) is 5.98. The minimum Gasteiger partial charge on any atom is -0.368 e. The second-order valence-corrected chi connectivity index (χ2v) is 4.39. The minimum atomic E-state index is -0.505. The summed E-state index contributed by atoms with van der Waals surface area (Å²) in [6.07, 6.45) is 0. The number of benzene rings is 1. The molecule has 0 aliphatic carbocycles. The Hall–Kier alpha value is -1.88. The summed E-state index contributed by atoms with van der Waals surface area (Å²) in [5.74, 6) is -0.616. The van der Waals surface area contributed by atoms with Gasteiger partial charge in [-0.15, -0.1) is 0 Å². The van der Waals surface area contributed by atoms with E-state index in [1.54, 1.807) is 0 Å². The quantitative estimate of drug-likeness (QED) is 0.812. The molecule has 0 aromatic heterocycles. The average Bonchev–Trinajstić information content (AvgIpc) is 2.56. The predicted molar refractivity (Wildman–Crippen MR) is 69.1 cm³/mol. The number of hydrogen-bond donors (Lipinski definition) is 2. The van der Waals surface area contributed by atoms with Crippen LogP contribution in [0.25, 0.3) is 0 Å². The zero-order valence-electron chi connectivity index (χ0n) is 10.6. The van der Waals surface area contributed by atoms with E-state index >= 15 is 0 Å². The summed E-state index contributed by atoms with van der Waals surface area (Å²) < 4.78 is 0. The summed E-state index contributed by atoms with van der Waals surface area (Å²) >= 11 is 0. The van der Waals surface area contributed by atoms with Crippen LogP contribution in [0.5, 0.6) is 0 Å². The second-order valence-electron chi connectivity index (χ2n) is 4.39. The molecule has 18 heavy (non-hydrogen) atoms. The summed E-state index contributed by atoms with van der Waals surface area (Å²) in [4.78, 5) is 24.9. The molecule has 1 aliphatic rings. The Bertz CT molecular complexity index is 499. The maximum absolute atomic E-state index is 12.3. The largest absolute Gasteiger partial charge is 0.368 e. The van der Waals surface area contributed by atoms with Gasteiger partial charge in [-0.3, -0.25) is 9.59 Å². The van der Waals surface area contributed by atoms with Gasteiger partial charge in [-0.05, 0) is 19.0 Å². The molecule has 1 aromatic rings. The van der Waals surface area contributed by atoms with Gasteiger partial charge < -0.3 is 16.0 Å². The van der Waals surface area contributed by atoms with E-state index in [1.165, 1.54) is 4.90 Å². The van der Waals surface area contributed by atoms with Gasteiger partial charge in [0, 0.05) is 5.56 Å². The van der Waals surface area contributed by atoms with Crippen molar-refractivity contribution >= 4 is 17.5 Å². The molecule has 0 spiro atoms. The van der Waals surface area contributed by atoms with E-state index in [0.717, 1.165) is 16.8 Å². The molecule has 1 unspecified atom stereocenters. The van der Waals surface area contributed by atoms with Crippen molar-refractivity contribution in [3.05, 3.63) is 29.3 Å². The van der Waals surface area contributed by atoms with Gasteiger partial charge >= 0.3 is 0 Å². The topological polar surface area (TPSA) is 75.4 Å². The molecule has 1 atom stereocenters. The van der Waals surface area contributed by atoms with Crippen LogP contribution >= 0.6 is 0 Å². The minimum absolute atomic E-state index is 0.0709. The molecular formula is C13H17N3O2. The number of amides is 2. The number of carbonyl (C=O) groups excluding carboxylic acids is 2. The third-order valence-corrected chi connectivity index (χ3v) is 3.09. The van der Waals surface area contributed by atoms with Crippen LogP contribution in [0.3, 0.4) is 0 Å². The molecule has 0 radical (unpaired) electrons. The highest BCUT2D eigenvalue weighted by atomic mass is 16.2. The normalized spacial score (nSPS) is 18.0. The molecule has 0 fully saturated rings. The highest BCUT2D eigenvalue weighted by molar-refractivity contribution is 6.08. The Balaban J connectivity index is 2.47. The molecule has 5 heteroatoms. The smallest absolute Gasteiger partial charge is 0.249 e. The van der Waals surface area contributed by atoms with Crippen molar-refractivity contribution in [3.63, 3.8) is 0 Å². The maximum atomic E-state index is 12.3. The van der Waals surface area contributed by atoms with Crippen LogP contribution in [0.4, 0.5) is 5.69 Å². The lowest BCUT2D eigenvalue weighted by atomic mass is 10.1. The van der Waals surface area contributed by atoms with E-state index in [4.69, 9.17) is 5.73 Å². The lowest BCUT2D eigenvalue weighted by Gasteiger charge is -2.17. The van der Waals surface area contributed by atoms with Gasteiger partial charge in [-0.1, -0.05) is 25.1 Å². The Morgan fingerprint density at radius 2 is 2.22 bits per heavy atom. The van der Waals surface area contributed by atoms with Gasteiger partial charge in [-0.2, -0.15) is 0 Å². The van der Waals surface area contributed by atoms with Gasteiger partial charge in [0.15, 0.2) is 0 Å². The van der Waals surface area contributed by atoms with Crippen molar-refractivity contribution < 1.29 is 9.59 Å². The third-order valence-electron chi connectivity index (χ3n) is 3.09. The first-order chi connectivity index (χ1) is 8.56. The molecule has 3 N–H and O–H groups in total. The first kappa shape index (κ1) is 12.6. The summed E-state index contributed by atoms with van der Waals surface area (Å²) in [6, 6.07) is 5.38. The standard InChI is InChI=1S/C13H17N3O2/c1-3-15-11-9-6-4-5-8(2)12(9)16(13(11)18)7-10(14)17/h4-6,11,15H,3,7H2,1-2H3,(H2,14,17). The summed E-state index contributed by atoms with van der Waals surface area (Å²) in [6.45, 7) is 4.49. The zero-order chi connectivity index (χ0) is 13.3. The zero-order valence-corrected chi connectivity index (χ0v) is 10.6. The van der Waals surface area contributed by atoms with Crippen LogP contribution in [-0.2, 0) is 9.59 Å². The number of primary amides is 1. The van der Waals surface area contributed by atoms with Crippen LogP contribution in [-0.4, -0.2) is 24.9 Å². The number of rotatable bonds is 4. The monoisotopic (exact) mass is 247 g/mol. The molecule has 2 amide bonds. The number of para-hydroxylation sites is 1. The van der Waals surface area contributed by atoms with Crippen LogP contribution in [0, 0.1) is 6.92 Å². The Labute approximate surface area is 106 Å². The molecule has 0 saturated carbocycles. The molecule has 0 bridgehead atoms. The third kappa shape index (κ3) is 1.97. The van der Waals surface area contributed by atoms with E-state index in [2.05, 4.69) is 5.32 Å². The van der Waals surface area contributed by atoms with E-state index in [9.17, 15) is 9.59 Å². The molecule has 0 saturated heterocycles. The van der Waals surface area contributed by atoms with Crippen molar-refractivity contribution in [1.82, 2.24) is 5.32 Å². The summed E-state index contributed by atoms with van der Waals surface area (Å²) in [5.41, 5.74) is 7.91. The van der Waals surface area contributed by atoms with Crippen LogP contribution in [0.1, 0.15) is 24.1 Å². The number of likely N-dealkylation sites (N-methyl/N-ethyl adjacent to an activating group) is 1. The fourth-order valence-corrected chi connectivity index (χ4v) is 2.40. The van der Waals surface area contributed by atoms with Gasteiger partial charge in [0.25, 0.3) is 0 Å². The summed E-state index contributed by atoms with van der Waals surface area (Å²) in [7, 11) is 0. The second kappa shape index (κ2) is 4.78. The van der Waals surface area contributed by atoms with Crippen LogP contribution < -0.4 is 16.0 Å². The van der Waals surface area contributed by atoms with Crippen molar-refractivity contribution in [3.8, 4) is 0 Å². The van der Waals surface area contributed by atoms with E-state index in [1.807, 2.05) is 32.0 Å². The van der Waals surface area contributed by atoms with Crippen LogP contribution in [0.15, 0.2) is 18.2 Å². The fourth-order valence-electron chi connectivity index (χ4n) is 2.40. The number of nitrogens with one attached hydrogen (secondary N) is 1. The molecular weight excluding hydrogens is 230 g/mol. The lowest BCUT2D eigenvalue weighted by molar-refractivity contribution is -0.123. The van der Waals surface area contributed by atoms with Crippen molar-refractivity contribution in [1.29, 1.82) is 0 Å². The number of nitrogens with zero attached hydrogens (tertiary/aromatic N) is 1. The van der Waals surface area contributed by atoms with E-state index in [-0.39, 0.29) is 18.5 Å². The van der Waals surface area contributed by atoms with Crippen molar-refractivity contribution in [2.24, 2.45) is 5.73 Å². The lowest BCUT2D eigenvalue weighted by Crippen LogP contribution is -2.39. The maximum Gasteiger partial charge on any atom is 0.249 e. The fraction of sp³-hybridized carbons (Fsp3) is 0.385. The number of hydrogen-bond acceptors (Lipinski definition) is 3. The molecule has 5 nitrogen and oxygen atoms in total. The van der Waals surface area contributed by atoms with Crippen molar-refractivity contribution in [2.45, 2.75) is 19.9 Å². The molecule has 1 heterocycles. The molecule has 96 valence electrons. The molecule has 2 rings (SSSR count). The SMILES string of the molecule is CCNC1C(=O)N(CC(N)=O)c2c(C)cccc21.